The zero-order valence-corrected chi connectivity index (χ0v) is 17.3. The molecule has 2 N–H and O–H groups in total. The Bertz CT molecular complexity index is 1450. The van der Waals surface area contributed by atoms with E-state index in [1.165, 1.54) is 0 Å². The Balaban J connectivity index is 1.49. The summed E-state index contributed by atoms with van der Waals surface area (Å²) < 4.78 is 2.15. The average molecular weight is 418 g/mol. The highest BCUT2D eigenvalue weighted by Crippen LogP contribution is 2.25. The lowest BCUT2D eigenvalue weighted by Crippen LogP contribution is -2.38. The number of pyridine rings is 1. The summed E-state index contributed by atoms with van der Waals surface area (Å²) in [6.07, 6.45) is 1.80. The minimum atomic E-state index is -0.643. The predicted octanol–water partition coefficient (Wildman–Crippen LogP) is 1.88. The van der Waals surface area contributed by atoms with Gasteiger partial charge in [-0.25, -0.2) is 14.8 Å². The van der Waals surface area contributed by atoms with Gasteiger partial charge in [-0.3, -0.25) is 19.6 Å². The molecule has 0 spiro atoms. The molecule has 0 radical (unpaired) electrons. The van der Waals surface area contributed by atoms with Gasteiger partial charge in [0.25, 0.3) is 11.5 Å². The Morgan fingerprint density at radius 3 is 2.81 bits per heavy atom. The van der Waals surface area contributed by atoms with E-state index in [1.807, 2.05) is 36.1 Å². The molecule has 0 saturated carbocycles. The molecule has 1 atom stereocenters. The number of carbonyl (C=O) groups is 1. The quantitative estimate of drug-likeness (QED) is 0.527. The van der Waals surface area contributed by atoms with Crippen LogP contribution >= 0.6 is 0 Å². The summed E-state index contributed by atoms with van der Waals surface area (Å²) in [6, 6.07) is 9.61. The first-order valence-corrected chi connectivity index (χ1v) is 10.3. The van der Waals surface area contributed by atoms with Gasteiger partial charge in [-0.1, -0.05) is 12.1 Å². The first kappa shape index (κ1) is 19.2. The number of amides is 1. The van der Waals surface area contributed by atoms with E-state index >= 15 is 0 Å². The van der Waals surface area contributed by atoms with Crippen LogP contribution < -0.4 is 11.2 Å². The number of carbonyl (C=O) groups excluding carboxylic acids is 1. The van der Waals surface area contributed by atoms with Crippen LogP contribution in [-0.4, -0.2) is 47.9 Å². The molecule has 1 saturated heterocycles. The van der Waals surface area contributed by atoms with Crippen molar-refractivity contribution in [1.82, 2.24) is 29.4 Å². The zero-order valence-electron chi connectivity index (χ0n) is 17.3. The van der Waals surface area contributed by atoms with E-state index in [1.54, 1.807) is 13.0 Å². The monoisotopic (exact) mass is 418 g/mol. The Kier molecular flexibility index (Phi) is 4.46. The van der Waals surface area contributed by atoms with E-state index in [2.05, 4.69) is 24.5 Å². The standard InChI is InChI=1S/C22H22N6O3/c1-12-10-16(24-19-18(12)20(29)26-22(31)25-19)21(30)27-9-5-6-14(27)11-28-13(2)23-15-7-3-4-8-17(15)28/h3-4,7-8,10,14H,5-6,9,11H2,1-2H3,(H2,24,25,26,29,31). The van der Waals surface area contributed by atoms with Gasteiger partial charge in [-0.15, -0.1) is 0 Å². The molecule has 1 unspecified atom stereocenters. The summed E-state index contributed by atoms with van der Waals surface area (Å²) in [5, 5.41) is 0.287. The molecule has 1 amide bonds. The molecule has 5 rings (SSSR count). The van der Waals surface area contributed by atoms with Crippen molar-refractivity contribution < 1.29 is 4.79 Å². The van der Waals surface area contributed by atoms with Gasteiger partial charge in [0.05, 0.1) is 22.5 Å². The molecule has 3 aromatic heterocycles. The summed E-state index contributed by atoms with van der Waals surface area (Å²) in [5.74, 6) is 0.715. The van der Waals surface area contributed by atoms with Crippen LogP contribution in [-0.2, 0) is 6.54 Å². The number of hydrogen-bond acceptors (Lipinski definition) is 5. The molecule has 1 aliphatic heterocycles. The third kappa shape index (κ3) is 3.22. The Morgan fingerprint density at radius 2 is 1.97 bits per heavy atom. The van der Waals surface area contributed by atoms with Crippen LogP contribution in [0.5, 0.6) is 0 Å². The molecule has 9 nitrogen and oxygen atoms in total. The zero-order chi connectivity index (χ0) is 21.7. The molecule has 1 aromatic carbocycles. The van der Waals surface area contributed by atoms with Crippen molar-refractivity contribution in [1.29, 1.82) is 0 Å². The van der Waals surface area contributed by atoms with Gasteiger partial charge in [0.2, 0.25) is 0 Å². The number of aromatic amines is 2. The van der Waals surface area contributed by atoms with Crippen molar-refractivity contribution in [3.05, 3.63) is 68.3 Å². The third-order valence-corrected chi connectivity index (χ3v) is 6.00. The van der Waals surface area contributed by atoms with Crippen LogP contribution in [0, 0.1) is 13.8 Å². The van der Waals surface area contributed by atoms with E-state index in [-0.39, 0.29) is 28.7 Å². The van der Waals surface area contributed by atoms with Gasteiger partial charge in [-0.2, -0.15) is 0 Å². The van der Waals surface area contributed by atoms with Crippen LogP contribution in [0.25, 0.3) is 22.1 Å². The van der Waals surface area contributed by atoms with Crippen molar-refractivity contribution in [3.63, 3.8) is 0 Å². The summed E-state index contributed by atoms with van der Waals surface area (Å²) >= 11 is 0. The number of para-hydroxylation sites is 2. The van der Waals surface area contributed by atoms with Gasteiger partial charge >= 0.3 is 5.69 Å². The van der Waals surface area contributed by atoms with Crippen molar-refractivity contribution in [2.45, 2.75) is 39.3 Å². The lowest BCUT2D eigenvalue weighted by molar-refractivity contribution is 0.0719. The number of benzene rings is 1. The fourth-order valence-electron chi connectivity index (χ4n) is 4.54. The van der Waals surface area contributed by atoms with Gasteiger partial charge in [0.1, 0.15) is 17.2 Å². The van der Waals surface area contributed by atoms with E-state index in [0.717, 1.165) is 29.7 Å². The number of likely N-dealkylation sites (tertiary alicyclic amines) is 1. The maximum atomic E-state index is 13.4. The molecule has 1 aliphatic rings. The van der Waals surface area contributed by atoms with Gasteiger partial charge < -0.3 is 9.47 Å². The summed E-state index contributed by atoms with van der Waals surface area (Å²) in [7, 11) is 0. The maximum absolute atomic E-state index is 13.4. The Hall–Kier alpha value is -3.75. The number of aromatic nitrogens is 5. The summed E-state index contributed by atoms with van der Waals surface area (Å²) in [4.78, 5) is 52.6. The highest BCUT2D eigenvalue weighted by atomic mass is 16.2. The second-order valence-corrected chi connectivity index (χ2v) is 8.01. The van der Waals surface area contributed by atoms with Gasteiger partial charge in [0, 0.05) is 13.1 Å². The highest BCUT2D eigenvalue weighted by Gasteiger charge is 2.31. The number of hydrogen-bond donors (Lipinski definition) is 2. The van der Waals surface area contributed by atoms with Gasteiger partial charge in [-0.05, 0) is 50.5 Å². The van der Waals surface area contributed by atoms with Crippen LogP contribution in [0.2, 0.25) is 0 Å². The van der Waals surface area contributed by atoms with Crippen LogP contribution in [0.3, 0.4) is 0 Å². The number of rotatable bonds is 3. The molecule has 158 valence electrons. The predicted molar refractivity (Wildman–Crippen MR) is 116 cm³/mol. The molecular weight excluding hydrogens is 396 g/mol. The number of aryl methyl sites for hydroxylation is 2. The lowest BCUT2D eigenvalue weighted by atomic mass is 10.1. The highest BCUT2D eigenvalue weighted by molar-refractivity contribution is 5.95. The number of fused-ring (bicyclic) bond motifs is 2. The van der Waals surface area contributed by atoms with Crippen LogP contribution in [0.4, 0.5) is 0 Å². The molecule has 0 aliphatic carbocycles. The number of nitrogens with one attached hydrogen (secondary N) is 2. The molecular formula is C22H22N6O3. The van der Waals surface area contributed by atoms with Crippen molar-refractivity contribution in [3.8, 4) is 0 Å². The molecule has 0 bridgehead atoms. The average Bonchev–Trinajstić information content (AvgIpc) is 3.31. The van der Waals surface area contributed by atoms with Crippen molar-refractivity contribution >= 4 is 28.0 Å². The molecule has 31 heavy (non-hydrogen) atoms. The van der Waals surface area contributed by atoms with Crippen molar-refractivity contribution in [2.24, 2.45) is 0 Å². The Labute approximate surface area is 176 Å². The van der Waals surface area contributed by atoms with E-state index in [0.29, 0.717) is 18.7 Å². The third-order valence-electron chi connectivity index (χ3n) is 6.00. The topological polar surface area (TPSA) is 117 Å². The van der Waals surface area contributed by atoms with E-state index in [4.69, 9.17) is 0 Å². The molecule has 9 heteroatoms. The van der Waals surface area contributed by atoms with E-state index < -0.39 is 11.2 Å². The van der Waals surface area contributed by atoms with Crippen LogP contribution in [0.1, 0.15) is 34.7 Å². The summed E-state index contributed by atoms with van der Waals surface area (Å²) in [5.41, 5.74) is 1.79. The molecule has 4 aromatic rings. The fraction of sp³-hybridized carbons (Fsp3) is 0.318. The summed E-state index contributed by atoms with van der Waals surface area (Å²) in [6.45, 7) is 5.00. The first-order valence-electron chi connectivity index (χ1n) is 10.3. The largest absolute Gasteiger partial charge is 0.333 e. The van der Waals surface area contributed by atoms with Crippen molar-refractivity contribution in [2.75, 3.05) is 6.54 Å². The second kappa shape index (κ2) is 7.19. The smallest absolute Gasteiger partial charge is 0.327 e. The first-order chi connectivity index (χ1) is 14.9. The lowest BCUT2D eigenvalue weighted by Gasteiger charge is -2.25. The van der Waals surface area contributed by atoms with E-state index in [9.17, 15) is 14.4 Å². The molecule has 4 heterocycles. The number of nitrogens with zero attached hydrogens (tertiary/aromatic N) is 4. The Morgan fingerprint density at radius 1 is 1.16 bits per heavy atom. The van der Waals surface area contributed by atoms with Gasteiger partial charge in [0.15, 0.2) is 0 Å². The normalized spacial score (nSPS) is 16.5. The van der Waals surface area contributed by atoms with Crippen LogP contribution in [0.15, 0.2) is 39.9 Å². The minimum absolute atomic E-state index is 0.0137. The fourth-order valence-corrected chi connectivity index (χ4v) is 4.54. The minimum Gasteiger partial charge on any atom is -0.333 e. The second-order valence-electron chi connectivity index (χ2n) is 8.01. The maximum Gasteiger partial charge on any atom is 0.327 e. The number of H-pyrrole nitrogens is 2. The number of imidazole rings is 1. The molecule has 1 fully saturated rings. The SMILES string of the molecule is Cc1cc(C(=O)N2CCCC2Cn2c(C)nc3ccccc32)nc2[nH]c(=O)[nH]c(=O)c12.